The summed E-state index contributed by atoms with van der Waals surface area (Å²) in [7, 11) is 0. The molecule has 0 amide bonds. The summed E-state index contributed by atoms with van der Waals surface area (Å²) in [5.41, 5.74) is 0. The standard InChI is InChI=1S/C11H21N3O/c1-8(2)5-6-9(3)12-7-11-14-13-10(4)15-11/h8-9,12H,5-7H2,1-4H3. The molecule has 1 aromatic heterocycles. The van der Waals surface area contributed by atoms with Crippen LogP contribution in [0.1, 0.15) is 45.4 Å². The minimum Gasteiger partial charge on any atom is -0.424 e. The largest absolute Gasteiger partial charge is 0.424 e. The lowest BCUT2D eigenvalue weighted by Gasteiger charge is -2.13. The molecule has 0 aromatic carbocycles. The van der Waals surface area contributed by atoms with Crippen molar-refractivity contribution in [2.24, 2.45) is 5.92 Å². The predicted octanol–water partition coefficient (Wildman–Crippen LogP) is 2.29. The Hall–Kier alpha value is -0.900. The maximum absolute atomic E-state index is 5.27. The molecule has 0 bridgehead atoms. The van der Waals surface area contributed by atoms with Crippen molar-refractivity contribution < 1.29 is 4.42 Å². The van der Waals surface area contributed by atoms with Gasteiger partial charge in [0.1, 0.15) is 0 Å². The normalized spacial score (nSPS) is 13.4. The molecule has 4 nitrogen and oxygen atoms in total. The van der Waals surface area contributed by atoms with Gasteiger partial charge in [0.2, 0.25) is 11.8 Å². The van der Waals surface area contributed by atoms with E-state index in [0.29, 0.717) is 24.4 Å². The number of aromatic nitrogens is 2. The molecule has 1 rings (SSSR count). The van der Waals surface area contributed by atoms with Crippen molar-refractivity contribution in [2.75, 3.05) is 0 Å². The van der Waals surface area contributed by atoms with Crippen LogP contribution in [0.15, 0.2) is 4.42 Å². The third-order valence-electron chi connectivity index (χ3n) is 2.35. The molecular weight excluding hydrogens is 190 g/mol. The van der Waals surface area contributed by atoms with Crippen LogP contribution in [0, 0.1) is 12.8 Å². The van der Waals surface area contributed by atoms with E-state index < -0.39 is 0 Å². The van der Waals surface area contributed by atoms with E-state index in [0.717, 1.165) is 5.92 Å². The van der Waals surface area contributed by atoms with Gasteiger partial charge < -0.3 is 9.73 Å². The summed E-state index contributed by atoms with van der Waals surface area (Å²) in [5, 5.41) is 11.1. The number of rotatable bonds is 6. The van der Waals surface area contributed by atoms with Crippen molar-refractivity contribution in [3.63, 3.8) is 0 Å². The van der Waals surface area contributed by atoms with E-state index in [4.69, 9.17) is 4.42 Å². The van der Waals surface area contributed by atoms with Gasteiger partial charge in [0.15, 0.2) is 0 Å². The summed E-state index contributed by atoms with van der Waals surface area (Å²) in [6, 6.07) is 0.500. The van der Waals surface area contributed by atoms with Gasteiger partial charge in [0.25, 0.3) is 0 Å². The molecule has 1 N–H and O–H groups in total. The van der Waals surface area contributed by atoms with Gasteiger partial charge in [-0.2, -0.15) is 0 Å². The second-order valence-corrected chi connectivity index (χ2v) is 4.47. The highest BCUT2D eigenvalue weighted by atomic mass is 16.4. The molecule has 86 valence electrons. The van der Waals surface area contributed by atoms with E-state index >= 15 is 0 Å². The van der Waals surface area contributed by atoms with E-state index in [9.17, 15) is 0 Å². The Bertz CT molecular complexity index is 283. The molecule has 0 spiro atoms. The van der Waals surface area contributed by atoms with Crippen LogP contribution in [-0.2, 0) is 6.54 Å². The first-order chi connectivity index (χ1) is 7.08. The van der Waals surface area contributed by atoms with E-state index in [1.807, 2.05) is 0 Å². The molecule has 0 fully saturated rings. The van der Waals surface area contributed by atoms with Crippen molar-refractivity contribution in [1.29, 1.82) is 0 Å². The number of hydrogen-bond acceptors (Lipinski definition) is 4. The number of nitrogens with zero attached hydrogens (tertiary/aromatic N) is 2. The first kappa shape index (κ1) is 12.2. The predicted molar refractivity (Wildman–Crippen MR) is 59.4 cm³/mol. The topological polar surface area (TPSA) is 51.0 Å². The van der Waals surface area contributed by atoms with Crippen LogP contribution < -0.4 is 5.32 Å². The highest BCUT2D eigenvalue weighted by molar-refractivity contribution is 4.78. The molecular formula is C11H21N3O. The van der Waals surface area contributed by atoms with E-state index in [1.54, 1.807) is 6.92 Å². The fourth-order valence-corrected chi connectivity index (χ4v) is 1.36. The lowest BCUT2D eigenvalue weighted by molar-refractivity contribution is 0.403. The maximum atomic E-state index is 5.27. The van der Waals surface area contributed by atoms with Crippen molar-refractivity contribution in [1.82, 2.24) is 15.5 Å². The van der Waals surface area contributed by atoms with Crippen LogP contribution in [-0.4, -0.2) is 16.2 Å². The smallest absolute Gasteiger partial charge is 0.230 e. The summed E-state index contributed by atoms with van der Waals surface area (Å²) in [5.74, 6) is 2.06. The summed E-state index contributed by atoms with van der Waals surface area (Å²) in [6.45, 7) is 9.15. The Balaban J connectivity index is 2.19. The van der Waals surface area contributed by atoms with Crippen LogP contribution in [0.4, 0.5) is 0 Å². The summed E-state index contributed by atoms with van der Waals surface area (Å²) < 4.78 is 5.27. The lowest BCUT2D eigenvalue weighted by Crippen LogP contribution is -2.25. The minimum atomic E-state index is 0.500. The Morgan fingerprint density at radius 2 is 1.93 bits per heavy atom. The molecule has 0 radical (unpaired) electrons. The van der Waals surface area contributed by atoms with Gasteiger partial charge in [0.05, 0.1) is 6.54 Å². The van der Waals surface area contributed by atoms with Crippen molar-refractivity contribution in [3.05, 3.63) is 11.8 Å². The highest BCUT2D eigenvalue weighted by Gasteiger charge is 2.06. The first-order valence-electron chi connectivity index (χ1n) is 5.60. The van der Waals surface area contributed by atoms with Crippen LogP contribution in [0.3, 0.4) is 0 Å². The Morgan fingerprint density at radius 3 is 2.47 bits per heavy atom. The van der Waals surface area contributed by atoms with Gasteiger partial charge in [-0.25, -0.2) is 0 Å². The SMILES string of the molecule is Cc1nnc(CNC(C)CCC(C)C)o1. The first-order valence-corrected chi connectivity index (χ1v) is 5.60. The van der Waals surface area contributed by atoms with Gasteiger partial charge in [-0.05, 0) is 25.7 Å². The van der Waals surface area contributed by atoms with Gasteiger partial charge in [-0.15, -0.1) is 10.2 Å². The van der Waals surface area contributed by atoms with Gasteiger partial charge in [-0.1, -0.05) is 13.8 Å². The maximum Gasteiger partial charge on any atom is 0.230 e. The van der Waals surface area contributed by atoms with Crippen molar-refractivity contribution >= 4 is 0 Å². The average molecular weight is 211 g/mol. The molecule has 1 aromatic rings. The second kappa shape index (κ2) is 5.85. The van der Waals surface area contributed by atoms with Crippen molar-refractivity contribution in [2.45, 2.75) is 53.1 Å². The highest BCUT2D eigenvalue weighted by Crippen LogP contribution is 2.07. The third-order valence-corrected chi connectivity index (χ3v) is 2.35. The molecule has 0 aliphatic heterocycles. The Kier molecular flexibility index (Phi) is 4.75. The second-order valence-electron chi connectivity index (χ2n) is 4.47. The van der Waals surface area contributed by atoms with Crippen molar-refractivity contribution in [3.8, 4) is 0 Å². The Morgan fingerprint density at radius 1 is 1.20 bits per heavy atom. The van der Waals surface area contributed by atoms with Crippen LogP contribution in [0.25, 0.3) is 0 Å². The molecule has 4 heteroatoms. The zero-order valence-electron chi connectivity index (χ0n) is 10.1. The quantitative estimate of drug-likeness (QED) is 0.784. The van der Waals surface area contributed by atoms with E-state index in [2.05, 4.69) is 36.3 Å². The van der Waals surface area contributed by atoms with Gasteiger partial charge in [0, 0.05) is 13.0 Å². The minimum absolute atomic E-state index is 0.500. The zero-order chi connectivity index (χ0) is 11.3. The van der Waals surface area contributed by atoms with E-state index in [-0.39, 0.29) is 0 Å². The monoisotopic (exact) mass is 211 g/mol. The third kappa shape index (κ3) is 4.93. The summed E-state index contributed by atoms with van der Waals surface area (Å²) >= 11 is 0. The van der Waals surface area contributed by atoms with E-state index in [1.165, 1.54) is 12.8 Å². The Labute approximate surface area is 91.5 Å². The fourth-order valence-electron chi connectivity index (χ4n) is 1.36. The zero-order valence-corrected chi connectivity index (χ0v) is 10.1. The molecule has 15 heavy (non-hydrogen) atoms. The molecule has 1 atom stereocenters. The molecule has 1 unspecified atom stereocenters. The molecule has 0 saturated carbocycles. The van der Waals surface area contributed by atoms with Crippen LogP contribution in [0.5, 0.6) is 0 Å². The average Bonchev–Trinajstić information content (AvgIpc) is 2.58. The van der Waals surface area contributed by atoms with Crippen LogP contribution in [0.2, 0.25) is 0 Å². The summed E-state index contributed by atoms with van der Waals surface area (Å²) in [4.78, 5) is 0. The van der Waals surface area contributed by atoms with Gasteiger partial charge in [-0.3, -0.25) is 0 Å². The molecule has 0 aliphatic rings. The molecule has 0 aliphatic carbocycles. The summed E-state index contributed by atoms with van der Waals surface area (Å²) in [6.07, 6.45) is 2.43. The lowest BCUT2D eigenvalue weighted by atomic mass is 10.0. The molecule has 1 heterocycles. The number of hydrogen-bond donors (Lipinski definition) is 1. The number of aryl methyl sites for hydroxylation is 1. The van der Waals surface area contributed by atoms with Crippen LogP contribution >= 0.6 is 0 Å². The molecule has 0 saturated heterocycles. The fraction of sp³-hybridized carbons (Fsp3) is 0.818. The van der Waals surface area contributed by atoms with Gasteiger partial charge >= 0.3 is 0 Å². The number of nitrogens with one attached hydrogen (secondary N) is 1.